The van der Waals surface area contributed by atoms with Crippen molar-refractivity contribution in [3.8, 4) is 5.75 Å². The average Bonchev–Trinajstić information content (AvgIpc) is 2.52. The minimum Gasteiger partial charge on any atom is -0.493 e. The van der Waals surface area contributed by atoms with Crippen LogP contribution in [-0.4, -0.2) is 17.7 Å². The molecule has 0 aliphatic carbocycles. The van der Waals surface area contributed by atoms with Crippen LogP contribution in [0.3, 0.4) is 0 Å². The van der Waals surface area contributed by atoms with Crippen LogP contribution in [0.1, 0.15) is 36.0 Å². The standard InChI is InChI=1S/C19H21ClO3/c1-3-10-23-18-9-8-16(20)11-15(18)12-17(19(21)22)14-6-4-13(2)5-7-14/h4-9,11,17H,3,10,12H2,1-2H3,(H,21,22). The lowest BCUT2D eigenvalue weighted by molar-refractivity contribution is -0.138. The molecule has 0 radical (unpaired) electrons. The van der Waals surface area contributed by atoms with E-state index in [1.165, 1.54) is 0 Å². The van der Waals surface area contributed by atoms with Crippen LogP contribution < -0.4 is 4.74 Å². The molecule has 3 nitrogen and oxygen atoms in total. The fraction of sp³-hybridized carbons (Fsp3) is 0.316. The normalized spacial score (nSPS) is 12.0. The van der Waals surface area contributed by atoms with Crippen LogP contribution in [0.5, 0.6) is 5.75 Å². The van der Waals surface area contributed by atoms with Gasteiger partial charge in [-0.15, -0.1) is 0 Å². The van der Waals surface area contributed by atoms with E-state index >= 15 is 0 Å². The van der Waals surface area contributed by atoms with Gasteiger partial charge in [0.25, 0.3) is 0 Å². The monoisotopic (exact) mass is 332 g/mol. The van der Waals surface area contributed by atoms with E-state index in [1.807, 2.05) is 38.1 Å². The number of carboxylic acid groups (broad SMARTS) is 1. The lowest BCUT2D eigenvalue weighted by atomic mass is 9.91. The molecule has 0 spiro atoms. The molecule has 122 valence electrons. The molecule has 2 aromatic rings. The molecule has 1 atom stereocenters. The Morgan fingerprint density at radius 2 is 1.91 bits per heavy atom. The number of aliphatic carboxylic acids is 1. The number of rotatable bonds is 7. The summed E-state index contributed by atoms with van der Waals surface area (Å²) in [4.78, 5) is 11.7. The molecule has 1 unspecified atom stereocenters. The van der Waals surface area contributed by atoms with Crippen molar-refractivity contribution < 1.29 is 14.6 Å². The molecule has 0 fully saturated rings. The van der Waals surface area contributed by atoms with Crippen LogP contribution in [0.15, 0.2) is 42.5 Å². The van der Waals surface area contributed by atoms with Crippen molar-refractivity contribution in [2.45, 2.75) is 32.6 Å². The van der Waals surface area contributed by atoms with E-state index in [9.17, 15) is 9.90 Å². The fourth-order valence-electron chi connectivity index (χ4n) is 2.43. The van der Waals surface area contributed by atoms with Gasteiger partial charge in [0.2, 0.25) is 0 Å². The van der Waals surface area contributed by atoms with Gasteiger partial charge in [-0.2, -0.15) is 0 Å². The summed E-state index contributed by atoms with van der Waals surface area (Å²) in [7, 11) is 0. The van der Waals surface area contributed by atoms with Gasteiger partial charge >= 0.3 is 5.97 Å². The van der Waals surface area contributed by atoms with E-state index in [2.05, 4.69) is 0 Å². The summed E-state index contributed by atoms with van der Waals surface area (Å²) in [5.41, 5.74) is 2.70. The zero-order chi connectivity index (χ0) is 16.8. The fourth-order valence-corrected chi connectivity index (χ4v) is 2.62. The summed E-state index contributed by atoms with van der Waals surface area (Å²) < 4.78 is 5.73. The largest absolute Gasteiger partial charge is 0.493 e. The first-order valence-corrected chi connectivity index (χ1v) is 8.09. The first kappa shape index (κ1) is 17.4. The van der Waals surface area contributed by atoms with Crippen LogP contribution in [0.2, 0.25) is 5.02 Å². The van der Waals surface area contributed by atoms with Crippen molar-refractivity contribution >= 4 is 17.6 Å². The third-order valence-electron chi connectivity index (χ3n) is 3.69. The zero-order valence-electron chi connectivity index (χ0n) is 13.4. The molecule has 0 aliphatic heterocycles. The van der Waals surface area contributed by atoms with Crippen molar-refractivity contribution in [3.05, 3.63) is 64.2 Å². The highest BCUT2D eigenvalue weighted by Gasteiger charge is 2.22. The highest BCUT2D eigenvalue weighted by atomic mass is 35.5. The molecule has 23 heavy (non-hydrogen) atoms. The maximum Gasteiger partial charge on any atom is 0.311 e. The Hall–Kier alpha value is -2.00. The van der Waals surface area contributed by atoms with E-state index in [0.717, 1.165) is 23.1 Å². The lowest BCUT2D eigenvalue weighted by Crippen LogP contribution is -2.15. The molecular formula is C19H21ClO3. The number of hydrogen-bond donors (Lipinski definition) is 1. The molecule has 0 aliphatic rings. The smallest absolute Gasteiger partial charge is 0.311 e. The number of halogens is 1. The second-order valence-corrected chi connectivity index (χ2v) is 6.04. The van der Waals surface area contributed by atoms with E-state index in [-0.39, 0.29) is 0 Å². The van der Waals surface area contributed by atoms with Crippen molar-refractivity contribution in [1.29, 1.82) is 0 Å². The molecule has 0 bridgehead atoms. The van der Waals surface area contributed by atoms with Crippen molar-refractivity contribution in [1.82, 2.24) is 0 Å². The van der Waals surface area contributed by atoms with E-state index in [1.54, 1.807) is 18.2 Å². The summed E-state index contributed by atoms with van der Waals surface area (Å²) in [6, 6.07) is 12.9. The number of hydrogen-bond acceptors (Lipinski definition) is 2. The lowest BCUT2D eigenvalue weighted by Gasteiger charge is -2.16. The number of ether oxygens (including phenoxy) is 1. The Morgan fingerprint density at radius 3 is 2.52 bits per heavy atom. The first-order valence-electron chi connectivity index (χ1n) is 7.72. The topological polar surface area (TPSA) is 46.5 Å². The third-order valence-corrected chi connectivity index (χ3v) is 3.92. The van der Waals surface area contributed by atoms with E-state index < -0.39 is 11.9 Å². The molecule has 2 rings (SSSR count). The average molecular weight is 333 g/mol. The van der Waals surface area contributed by atoms with Crippen LogP contribution in [-0.2, 0) is 11.2 Å². The van der Waals surface area contributed by atoms with Gasteiger partial charge < -0.3 is 9.84 Å². The second kappa shape index (κ2) is 8.02. The Kier molecular flexibility index (Phi) is 6.05. The summed E-state index contributed by atoms with van der Waals surface area (Å²) in [5.74, 6) is -0.775. The molecule has 4 heteroatoms. The highest BCUT2D eigenvalue weighted by molar-refractivity contribution is 6.30. The first-order chi connectivity index (χ1) is 11.0. The molecule has 0 saturated heterocycles. The minimum absolute atomic E-state index is 0.345. The minimum atomic E-state index is -0.852. The Morgan fingerprint density at radius 1 is 1.22 bits per heavy atom. The predicted molar refractivity (Wildman–Crippen MR) is 92.5 cm³/mol. The van der Waals surface area contributed by atoms with Gasteiger partial charge in [0.15, 0.2) is 0 Å². The molecule has 0 amide bonds. The van der Waals surface area contributed by atoms with Crippen LogP contribution >= 0.6 is 11.6 Å². The maximum absolute atomic E-state index is 11.7. The Bertz CT molecular complexity index is 665. The second-order valence-electron chi connectivity index (χ2n) is 5.61. The van der Waals surface area contributed by atoms with Crippen molar-refractivity contribution in [3.63, 3.8) is 0 Å². The number of carbonyl (C=O) groups is 1. The van der Waals surface area contributed by atoms with Gasteiger partial charge in [-0.05, 0) is 49.1 Å². The van der Waals surface area contributed by atoms with Gasteiger partial charge in [-0.25, -0.2) is 0 Å². The van der Waals surface area contributed by atoms with Crippen molar-refractivity contribution in [2.24, 2.45) is 0 Å². The molecule has 2 aromatic carbocycles. The van der Waals surface area contributed by atoms with Crippen LogP contribution in [0, 0.1) is 6.92 Å². The van der Waals surface area contributed by atoms with Crippen molar-refractivity contribution in [2.75, 3.05) is 6.61 Å². The Balaban J connectivity index is 2.31. The zero-order valence-corrected chi connectivity index (χ0v) is 14.1. The van der Waals surface area contributed by atoms with E-state index in [0.29, 0.717) is 23.8 Å². The van der Waals surface area contributed by atoms with Gasteiger partial charge in [0, 0.05) is 5.02 Å². The van der Waals surface area contributed by atoms with Crippen LogP contribution in [0.25, 0.3) is 0 Å². The number of aryl methyl sites for hydroxylation is 1. The summed E-state index contributed by atoms with van der Waals surface area (Å²) in [6.45, 7) is 4.60. The quantitative estimate of drug-likeness (QED) is 0.788. The summed E-state index contributed by atoms with van der Waals surface area (Å²) in [5, 5.41) is 10.2. The maximum atomic E-state index is 11.7. The molecule has 0 saturated carbocycles. The van der Waals surface area contributed by atoms with Crippen LogP contribution in [0.4, 0.5) is 0 Å². The van der Waals surface area contributed by atoms with E-state index in [4.69, 9.17) is 16.3 Å². The molecule has 1 N–H and O–H groups in total. The summed E-state index contributed by atoms with van der Waals surface area (Å²) in [6.07, 6.45) is 1.24. The predicted octanol–water partition coefficient (Wildman–Crippen LogP) is 4.85. The van der Waals surface area contributed by atoms with Gasteiger partial charge in [-0.1, -0.05) is 48.4 Å². The SMILES string of the molecule is CCCOc1ccc(Cl)cc1CC(C(=O)O)c1ccc(C)cc1. The molecule has 0 aromatic heterocycles. The van der Waals surface area contributed by atoms with Gasteiger partial charge in [0.1, 0.15) is 5.75 Å². The number of carboxylic acids is 1. The number of benzene rings is 2. The Labute approximate surface area is 141 Å². The highest BCUT2D eigenvalue weighted by Crippen LogP contribution is 2.29. The van der Waals surface area contributed by atoms with Gasteiger partial charge in [-0.3, -0.25) is 4.79 Å². The molecular weight excluding hydrogens is 312 g/mol. The summed E-state index contributed by atoms with van der Waals surface area (Å²) >= 11 is 6.08. The third kappa shape index (κ3) is 4.73. The molecule has 0 heterocycles. The van der Waals surface area contributed by atoms with Gasteiger partial charge in [0.05, 0.1) is 12.5 Å².